The molecule has 0 fully saturated rings. The number of benzene rings is 1. The Balaban J connectivity index is 2.41. The van der Waals surface area contributed by atoms with Crippen molar-refractivity contribution in [3.63, 3.8) is 0 Å². The zero-order valence-corrected chi connectivity index (χ0v) is 22.0. The molecule has 12 heteroatoms. The fourth-order valence-electron chi connectivity index (χ4n) is 3.92. The Kier molecular flexibility index (Phi) is 11.0. The molecule has 1 aliphatic rings. The summed E-state index contributed by atoms with van der Waals surface area (Å²) in [5, 5.41) is 2.72. The van der Waals surface area contributed by atoms with Crippen LogP contribution in [0.5, 0.6) is 0 Å². The van der Waals surface area contributed by atoms with Gasteiger partial charge in [-0.1, -0.05) is 25.5 Å². The van der Waals surface area contributed by atoms with Crippen LogP contribution in [0.4, 0.5) is 35.1 Å². The first-order valence-electron chi connectivity index (χ1n) is 12.2. The summed E-state index contributed by atoms with van der Waals surface area (Å²) in [5.41, 5.74) is 3.79. The van der Waals surface area contributed by atoms with Crippen LogP contribution < -0.4 is 11.1 Å². The molecule has 0 atom stereocenters. The Morgan fingerprint density at radius 2 is 1.75 bits per heavy atom. The minimum Gasteiger partial charge on any atom is -0.366 e. The van der Waals surface area contributed by atoms with E-state index >= 15 is 4.39 Å². The topological polar surface area (TPSA) is 67.5 Å². The highest BCUT2D eigenvalue weighted by atomic mass is 19.4. The van der Waals surface area contributed by atoms with Crippen LogP contribution in [0.3, 0.4) is 0 Å². The van der Waals surface area contributed by atoms with E-state index in [1.807, 2.05) is 0 Å². The highest BCUT2D eigenvalue weighted by Gasteiger charge is 2.34. The average Bonchev–Trinajstić information content (AvgIpc) is 2.99. The van der Waals surface area contributed by atoms with Crippen molar-refractivity contribution < 1.29 is 39.9 Å². The van der Waals surface area contributed by atoms with Gasteiger partial charge in [0.15, 0.2) is 0 Å². The predicted molar refractivity (Wildman–Crippen MR) is 137 cm³/mol. The lowest BCUT2D eigenvalue weighted by atomic mass is 9.97. The summed E-state index contributed by atoms with van der Waals surface area (Å²) in [6, 6.07) is 2.09. The number of allylic oxidation sites excluding steroid dienone is 7. The SMILES string of the molecule is CCC(=CNC(=NC)c1cc(CC(F)(F)F)cc(C(F)(F)F)c1)CC=C(C(N)=O)C1=CC=C(F)CC(CC)=C1F. The molecule has 1 aromatic carbocycles. The molecule has 0 saturated carbocycles. The molecule has 40 heavy (non-hydrogen) atoms. The number of hydrogen-bond donors (Lipinski definition) is 2. The highest BCUT2D eigenvalue weighted by molar-refractivity contribution is 6.00. The number of amides is 1. The van der Waals surface area contributed by atoms with Gasteiger partial charge in [-0.25, -0.2) is 8.78 Å². The number of nitrogens with two attached hydrogens (primary N) is 1. The largest absolute Gasteiger partial charge is 0.416 e. The fraction of sp³-hybridized carbons (Fsp3) is 0.357. The monoisotopic (exact) mass is 575 g/mol. The molecule has 1 aromatic rings. The first-order chi connectivity index (χ1) is 18.6. The van der Waals surface area contributed by atoms with E-state index in [1.165, 1.54) is 19.3 Å². The zero-order chi connectivity index (χ0) is 30.3. The van der Waals surface area contributed by atoms with Crippen LogP contribution in [0.25, 0.3) is 0 Å². The molecule has 0 spiro atoms. The van der Waals surface area contributed by atoms with Crippen molar-refractivity contribution in [2.75, 3.05) is 7.05 Å². The van der Waals surface area contributed by atoms with Crippen LogP contribution >= 0.6 is 0 Å². The lowest BCUT2D eigenvalue weighted by Crippen LogP contribution is -2.22. The first kappa shape index (κ1) is 32.5. The van der Waals surface area contributed by atoms with Gasteiger partial charge in [-0.3, -0.25) is 9.79 Å². The third kappa shape index (κ3) is 9.20. The maximum Gasteiger partial charge on any atom is 0.416 e. The summed E-state index contributed by atoms with van der Waals surface area (Å²) >= 11 is 0. The van der Waals surface area contributed by atoms with Gasteiger partial charge in [0.25, 0.3) is 0 Å². The second-order valence-corrected chi connectivity index (χ2v) is 8.91. The number of aliphatic imine (C=N–C) groups is 1. The van der Waals surface area contributed by atoms with E-state index in [-0.39, 0.29) is 47.4 Å². The van der Waals surface area contributed by atoms with E-state index in [1.54, 1.807) is 13.8 Å². The summed E-state index contributed by atoms with van der Waals surface area (Å²) in [6.07, 6.45) is -5.88. The molecule has 218 valence electrons. The quantitative estimate of drug-likeness (QED) is 0.137. The van der Waals surface area contributed by atoms with Gasteiger partial charge >= 0.3 is 12.4 Å². The molecular weight excluding hydrogens is 546 g/mol. The normalized spacial score (nSPS) is 16.0. The molecule has 2 rings (SSSR count). The highest BCUT2D eigenvalue weighted by Crippen LogP contribution is 2.34. The van der Waals surface area contributed by atoms with Crippen molar-refractivity contribution in [2.45, 2.75) is 58.3 Å². The van der Waals surface area contributed by atoms with E-state index < -0.39 is 47.5 Å². The van der Waals surface area contributed by atoms with Gasteiger partial charge in [-0.2, -0.15) is 26.3 Å². The second-order valence-electron chi connectivity index (χ2n) is 8.91. The molecule has 0 bridgehead atoms. The van der Waals surface area contributed by atoms with Crippen molar-refractivity contribution in [3.8, 4) is 0 Å². The maximum atomic E-state index is 15.1. The first-order valence-corrected chi connectivity index (χ1v) is 12.2. The second kappa shape index (κ2) is 13.6. The van der Waals surface area contributed by atoms with E-state index in [0.717, 1.165) is 18.2 Å². The maximum absolute atomic E-state index is 15.1. The number of halogens is 8. The smallest absolute Gasteiger partial charge is 0.366 e. The van der Waals surface area contributed by atoms with Crippen molar-refractivity contribution in [1.82, 2.24) is 5.32 Å². The number of hydrogen-bond acceptors (Lipinski definition) is 2. The average molecular weight is 576 g/mol. The summed E-state index contributed by atoms with van der Waals surface area (Å²) in [4.78, 5) is 16.0. The molecule has 1 aliphatic carbocycles. The number of carbonyl (C=O) groups excluding carboxylic acids is 1. The van der Waals surface area contributed by atoms with Crippen LogP contribution in [0, 0.1) is 0 Å². The van der Waals surface area contributed by atoms with Gasteiger partial charge in [-0.05, 0) is 60.8 Å². The standard InChI is InChI=1S/C28H29F8N3O/c1-4-16(6-8-23(25(37)40)22-9-7-21(29)13-18(5-2)24(22)30)15-39-26(38-3)19-10-17(14-27(31,32)33)11-20(12-19)28(34,35)36/h7-12,15H,4-6,13-14H2,1-3H3,(H2,37,40)(H,38,39). The number of rotatable bonds is 9. The Labute approximate surface area is 226 Å². The number of primary amides is 1. The minimum absolute atomic E-state index is 0.0406. The Morgan fingerprint density at radius 1 is 1.07 bits per heavy atom. The third-order valence-corrected chi connectivity index (χ3v) is 6.00. The number of amidine groups is 1. The molecule has 0 unspecified atom stereocenters. The molecule has 0 aliphatic heterocycles. The van der Waals surface area contributed by atoms with Crippen molar-refractivity contribution in [1.29, 1.82) is 0 Å². The summed E-state index contributed by atoms with van der Waals surface area (Å²) < 4.78 is 108. The Bertz CT molecular complexity index is 1300. The zero-order valence-electron chi connectivity index (χ0n) is 22.0. The third-order valence-electron chi connectivity index (χ3n) is 6.00. The van der Waals surface area contributed by atoms with E-state index in [9.17, 15) is 35.5 Å². The van der Waals surface area contributed by atoms with Gasteiger partial charge in [-0.15, -0.1) is 0 Å². The molecule has 0 radical (unpaired) electrons. The van der Waals surface area contributed by atoms with E-state index in [2.05, 4.69) is 10.3 Å². The van der Waals surface area contributed by atoms with Crippen LogP contribution in [0.15, 0.2) is 81.6 Å². The van der Waals surface area contributed by atoms with Crippen molar-refractivity contribution in [2.24, 2.45) is 10.7 Å². The summed E-state index contributed by atoms with van der Waals surface area (Å²) in [7, 11) is 1.25. The number of nitrogens with one attached hydrogen (secondary N) is 1. The Morgan fingerprint density at radius 3 is 2.27 bits per heavy atom. The lowest BCUT2D eigenvalue weighted by molar-refractivity contribution is -0.138. The molecule has 1 amide bonds. The molecule has 4 nitrogen and oxygen atoms in total. The molecule has 0 heterocycles. The van der Waals surface area contributed by atoms with Gasteiger partial charge in [0.2, 0.25) is 5.91 Å². The molecule has 0 saturated heterocycles. The van der Waals surface area contributed by atoms with Crippen LogP contribution in [0.1, 0.15) is 56.2 Å². The number of nitrogens with zero attached hydrogens (tertiary/aromatic N) is 1. The minimum atomic E-state index is -4.89. The predicted octanol–water partition coefficient (Wildman–Crippen LogP) is 7.69. The van der Waals surface area contributed by atoms with Crippen molar-refractivity contribution >= 4 is 11.7 Å². The van der Waals surface area contributed by atoms with E-state index in [0.29, 0.717) is 24.1 Å². The molecule has 3 N–H and O–H groups in total. The van der Waals surface area contributed by atoms with Crippen LogP contribution in [0.2, 0.25) is 0 Å². The van der Waals surface area contributed by atoms with Gasteiger partial charge < -0.3 is 11.1 Å². The fourth-order valence-corrected chi connectivity index (χ4v) is 3.92. The number of carbonyl (C=O) groups is 1. The summed E-state index contributed by atoms with van der Waals surface area (Å²) in [6.45, 7) is 3.38. The van der Waals surface area contributed by atoms with Gasteiger partial charge in [0, 0.05) is 36.4 Å². The van der Waals surface area contributed by atoms with Crippen LogP contribution in [-0.4, -0.2) is 25.0 Å². The van der Waals surface area contributed by atoms with E-state index in [4.69, 9.17) is 5.73 Å². The number of alkyl halides is 6. The molecule has 0 aromatic heterocycles. The van der Waals surface area contributed by atoms with Crippen molar-refractivity contribution in [3.05, 3.63) is 93.3 Å². The lowest BCUT2D eigenvalue weighted by Gasteiger charge is -2.15. The molecular formula is C28H29F8N3O. The van der Waals surface area contributed by atoms with Gasteiger partial charge in [0.05, 0.1) is 12.0 Å². The summed E-state index contributed by atoms with van der Waals surface area (Å²) in [5.74, 6) is -2.42. The van der Waals surface area contributed by atoms with Crippen LogP contribution in [-0.2, 0) is 17.4 Å². The van der Waals surface area contributed by atoms with Gasteiger partial charge in [0.1, 0.15) is 17.5 Å². The Hall–Kier alpha value is -3.70.